The Kier molecular flexibility index (Phi) is 4.22. The van der Waals surface area contributed by atoms with Crippen molar-refractivity contribution in [2.45, 2.75) is 38.6 Å². The van der Waals surface area contributed by atoms with Crippen molar-refractivity contribution in [2.24, 2.45) is 11.3 Å². The van der Waals surface area contributed by atoms with Crippen LogP contribution in [0.1, 0.15) is 32.6 Å². The number of rotatable bonds is 7. The summed E-state index contributed by atoms with van der Waals surface area (Å²) in [7, 11) is 1.80. The van der Waals surface area contributed by atoms with Gasteiger partial charge in [-0.05, 0) is 43.6 Å². The highest BCUT2D eigenvalue weighted by Gasteiger charge is 2.41. The molecule has 16 heavy (non-hydrogen) atoms. The van der Waals surface area contributed by atoms with Crippen molar-refractivity contribution >= 4 is 0 Å². The average Bonchev–Trinajstić information content (AvgIpc) is 2.94. The van der Waals surface area contributed by atoms with E-state index in [0.717, 1.165) is 19.1 Å². The molecule has 1 aliphatic heterocycles. The van der Waals surface area contributed by atoms with Crippen molar-refractivity contribution in [3.05, 3.63) is 0 Å². The molecule has 3 nitrogen and oxygen atoms in total. The maximum atomic E-state index is 5.17. The van der Waals surface area contributed by atoms with Gasteiger partial charge in [-0.3, -0.25) is 0 Å². The molecule has 2 unspecified atom stereocenters. The molecule has 0 amide bonds. The molecular weight excluding hydrogens is 200 g/mol. The summed E-state index contributed by atoms with van der Waals surface area (Å²) in [5.41, 5.74) is 0.581. The van der Waals surface area contributed by atoms with Crippen LogP contribution in [0.2, 0.25) is 0 Å². The van der Waals surface area contributed by atoms with Crippen molar-refractivity contribution in [3.63, 3.8) is 0 Å². The van der Waals surface area contributed by atoms with Gasteiger partial charge < -0.3 is 15.4 Å². The molecule has 2 N–H and O–H groups in total. The van der Waals surface area contributed by atoms with E-state index in [-0.39, 0.29) is 0 Å². The van der Waals surface area contributed by atoms with Gasteiger partial charge in [0.2, 0.25) is 0 Å². The van der Waals surface area contributed by atoms with Crippen molar-refractivity contribution in [3.8, 4) is 0 Å². The van der Waals surface area contributed by atoms with E-state index < -0.39 is 0 Å². The molecule has 1 saturated carbocycles. The monoisotopic (exact) mass is 226 g/mol. The van der Waals surface area contributed by atoms with Gasteiger partial charge in [-0.1, -0.05) is 6.92 Å². The largest absolute Gasteiger partial charge is 0.385 e. The predicted octanol–water partition coefficient (Wildman–Crippen LogP) is 1.39. The van der Waals surface area contributed by atoms with Crippen molar-refractivity contribution in [2.75, 3.05) is 33.4 Å². The summed E-state index contributed by atoms with van der Waals surface area (Å²) in [5, 5.41) is 7.22. The Morgan fingerprint density at radius 3 is 2.81 bits per heavy atom. The lowest BCUT2D eigenvalue weighted by molar-refractivity contribution is 0.171. The van der Waals surface area contributed by atoms with E-state index >= 15 is 0 Å². The summed E-state index contributed by atoms with van der Waals surface area (Å²) >= 11 is 0. The second-order valence-electron chi connectivity index (χ2n) is 5.70. The molecule has 2 aliphatic rings. The average molecular weight is 226 g/mol. The predicted molar refractivity (Wildman–Crippen MR) is 66.6 cm³/mol. The molecule has 0 aromatic carbocycles. The number of hydrogen-bond acceptors (Lipinski definition) is 3. The zero-order chi connectivity index (χ0) is 11.4. The van der Waals surface area contributed by atoms with Crippen molar-refractivity contribution < 1.29 is 4.74 Å². The minimum absolute atomic E-state index is 0.581. The summed E-state index contributed by atoms with van der Waals surface area (Å²) in [5.74, 6) is 0.835. The fraction of sp³-hybridized carbons (Fsp3) is 1.00. The maximum absolute atomic E-state index is 5.17. The maximum Gasteiger partial charge on any atom is 0.0468 e. The minimum atomic E-state index is 0.581. The second kappa shape index (κ2) is 5.48. The Morgan fingerprint density at radius 2 is 2.25 bits per heavy atom. The zero-order valence-corrected chi connectivity index (χ0v) is 10.7. The highest BCUT2D eigenvalue weighted by atomic mass is 16.5. The fourth-order valence-corrected chi connectivity index (χ4v) is 2.68. The van der Waals surface area contributed by atoms with E-state index in [4.69, 9.17) is 4.74 Å². The highest BCUT2D eigenvalue weighted by Crippen LogP contribution is 2.48. The van der Waals surface area contributed by atoms with Crippen LogP contribution in [0.25, 0.3) is 0 Å². The van der Waals surface area contributed by atoms with Gasteiger partial charge in [0.15, 0.2) is 0 Å². The first-order valence-electron chi connectivity index (χ1n) is 6.69. The molecule has 1 saturated heterocycles. The van der Waals surface area contributed by atoms with Crippen LogP contribution < -0.4 is 10.6 Å². The van der Waals surface area contributed by atoms with Crippen LogP contribution in [0.4, 0.5) is 0 Å². The summed E-state index contributed by atoms with van der Waals surface area (Å²) < 4.78 is 5.17. The Morgan fingerprint density at radius 1 is 1.44 bits per heavy atom. The molecule has 0 radical (unpaired) electrons. The molecule has 2 fully saturated rings. The Bertz CT molecular complexity index is 216. The molecular formula is C13H26N2O. The van der Waals surface area contributed by atoms with Gasteiger partial charge in [0.1, 0.15) is 0 Å². The van der Waals surface area contributed by atoms with Crippen LogP contribution in [-0.4, -0.2) is 39.4 Å². The molecule has 94 valence electrons. The second-order valence-corrected chi connectivity index (χ2v) is 5.70. The van der Waals surface area contributed by atoms with E-state index in [2.05, 4.69) is 17.6 Å². The Balaban J connectivity index is 1.60. The van der Waals surface area contributed by atoms with Gasteiger partial charge in [-0.2, -0.15) is 0 Å². The van der Waals surface area contributed by atoms with E-state index in [1.807, 2.05) is 0 Å². The number of hydrogen-bond donors (Lipinski definition) is 2. The van der Waals surface area contributed by atoms with Crippen molar-refractivity contribution in [1.82, 2.24) is 10.6 Å². The molecule has 0 aromatic rings. The number of ether oxygens (including phenoxy) is 1. The van der Waals surface area contributed by atoms with Gasteiger partial charge in [-0.15, -0.1) is 0 Å². The van der Waals surface area contributed by atoms with Crippen LogP contribution in [0.15, 0.2) is 0 Å². The van der Waals surface area contributed by atoms with Crippen LogP contribution in [-0.2, 0) is 4.74 Å². The topological polar surface area (TPSA) is 33.3 Å². The molecule has 2 atom stereocenters. The number of nitrogens with one attached hydrogen (secondary N) is 2. The standard InChI is InChI=1S/C13H26N2O/c1-11-3-7-15-12(11)9-14-10-13(4-5-13)6-8-16-2/h11-12,14-15H,3-10H2,1-2H3. The molecule has 1 aliphatic carbocycles. The summed E-state index contributed by atoms with van der Waals surface area (Å²) in [6.07, 6.45) is 5.33. The van der Waals surface area contributed by atoms with Crippen molar-refractivity contribution in [1.29, 1.82) is 0 Å². The summed E-state index contributed by atoms with van der Waals surface area (Å²) in [6.45, 7) is 6.78. The third-order valence-corrected chi connectivity index (χ3v) is 4.35. The molecule has 1 heterocycles. The van der Waals surface area contributed by atoms with Gasteiger partial charge in [0.25, 0.3) is 0 Å². The van der Waals surface area contributed by atoms with E-state index in [0.29, 0.717) is 11.5 Å². The van der Waals surface area contributed by atoms with Crippen LogP contribution in [0.5, 0.6) is 0 Å². The SMILES string of the molecule is COCCC1(CNCC2NCCC2C)CC1. The first kappa shape index (κ1) is 12.3. The van der Waals surface area contributed by atoms with Gasteiger partial charge in [-0.25, -0.2) is 0 Å². The minimum Gasteiger partial charge on any atom is -0.385 e. The van der Waals surface area contributed by atoms with Gasteiger partial charge >= 0.3 is 0 Å². The number of methoxy groups -OCH3 is 1. The summed E-state index contributed by atoms with van der Waals surface area (Å²) in [6, 6.07) is 0.693. The Hall–Kier alpha value is -0.120. The third-order valence-electron chi connectivity index (χ3n) is 4.35. The molecule has 3 heteroatoms. The van der Waals surface area contributed by atoms with E-state index in [9.17, 15) is 0 Å². The Labute approximate surface area is 99.3 Å². The summed E-state index contributed by atoms with van der Waals surface area (Å²) in [4.78, 5) is 0. The quantitative estimate of drug-likeness (QED) is 0.688. The smallest absolute Gasteiger partial charge is 0.0468 e. The molecule has 0 spiro atoms. The zero-order valence-electron chi connectivity index (χ0n) is 10.7. The lowest BCUT2D eigenvalue weighted by Gasteiger charge is -2.20. The molecule has 2 rings (SSSR count). The fourth-order valence-electron chi connectivity index (χ4n) is 2.68. The van der Waals surface area contributed by atoms with Gasteiger partial charge in [0, 0.05) is 32.8 Å². The van der Waals surface area contributed by atoms with Crippen LogP contribution >= 0.6 is 0 Å². The first-order chi connectivity index (χ1) is 7.76. The van der Waals surface area contributed by atoms with Crippen LogP contribution in [0.3, 0.4) is 0 Å². The van der Waals surface area contributed by atoms with Gasteiger partial charge in [0.05, 0.1) is 0 Å². The lowest BCUT2D eigenvalue weighted by Crippen LogP contribution is -2.39. The normalized spacial score (nSPS) is 31.9. The third kappa shape index (κ3) is 3.19. The van der Waals surface area contributed by atoms with E-state index in [1.54, 1.807) is 7.11 Å². The highest BCUT2D eigenvalue weighted by molar-refractivity contribution is 4.95. The first-order valence-corrected chi connectivity index (χ1v) is 6.69. The molecule has 0 aromatic heterocycles. The molecule has 0 bridgehead atoms. The van der Waals surface area contributed by atoms with E-state index in [1.165, 1.54) is 38.8 Å². The van der Waals surface area contributed by atoms with Crippen LogP contribution in [0, 0.1) is 11.3 Å². The lowest BCUT2D eigenvalue weighted by atomic mass is 10.0.